The van der Waals surface area contributed by atoms with E-state index in [0.29, 0.717) is 10.8 Å². The van der Waals surface area contributed by atoms with Crippen LogP contribution in [0.1, 0.15) is 79.6 Å². The van der Waals surface area contributed by atoms with E-state index in [1.165, 1.54) is 44.9 Å². The van der Waals surface area contributed by atoms with Gasteiger partial charge in [0.15, 0.2) is 0 Å². The molecule has 1 spiro atoms. The van der Waals surface area contributed by atoms with Crippen molar-refractivity contribution >= 4 is 0 Å². The van der Waals surface area contributed by atoms with Crippen LogP contribution < -0.4 is 0 Å². The standard InChI is InChI=1S/C16H30/c1-13(2)15(5)9-10-16(12-15)8-6-7-14(3,4)11-16/h13H,6-12H2,1-5H3. The normalized spacial score (nSPS) is 43.1. The highest BCUT2D eigenvalue weighted by molar-refractivity contribution is 5.00. The van der Waals surface area contributed by atoms with Crippen molar-refractivity contribution in [2.75, 3.05) is 0 Å². The number of hydrogen-bond acceptors (Lipinski definition) is 0. The molecule has 0 amide bonds. The smallest absolute Gasteiger partial charge is 0.0287 e. The van der Waals surface area contributed by atoms with Crippen LogP contribution >= 0.6 is 0 Å². The van der Waals surface area contributed by atoms with Gasteiger partial charge in [0.05, 0.1) is 0 Å². The first-order valence-corrected chi connectivity index (χ1v) is 7.27. The van der Waals surface area contributed by atoms with Gasteiger partial charge in [-0.05, 0) is 60.7 Å². The van der Waals surface area contributed by atoms with E-state index in [4.69, 9.17) is 0 Å². The van der Waals surface area contributed by atoms with Crippen LogP contribution in [0.25, 0.3) is 0 Å². The molecule has 0 aromatic carbocycles. The van der Waals surface area contributed by atoms with E-state index >= 15 is 0 Å². The second-order valence-electron chi connectivity index (χ2n) is 8.18. The van der Waals surface area contributed by atoms with Gasteiger partial charge in [-0.25, -0.2) is 0 Å². The molecule has 2 rings (SSSR count). The Morgan fingerprint density at radius 1 is 0.812 bits per heavy atom. The fourth-order valence-electron chi connectivity index (χ4n) is 4.58. The average Bonchev–Trinajstić information content (AvgIpc) is 2.43. The summed E-state index contributed by atoms with van der Waals surface area (Å²) in [5.74, 6) is 0.858. The molecule has 0 bridgehead atoms. The summed E-state index contributed by atoms with van der Waals surface area (Å²) in [5, 5.41) is 0. The fraction of sp³-hybridized carbons (Fsp3) is 1.00. The molecule has 0 heteroatoms. The molecule has 2 aliphatic carbocycles. The molecule has 0 saturated heterocycles. The molecule has 0 aliphatic heterocycles. The SMILES string of the molecule is CC(C)C1(C)CCC2(CCCC(C)(C)C2)C1. The van der Waals surface area contributed by atoms with Gasteiger partial charge in [0, 0.05) is 0 Å². The molecule has 2 unspecified atom stereocenters. The molecule has 0 heterocycles. The van der Waals surface area contributed by atoms with Crippen LogP contribution in [0.2, 0.25) is 0 Å². The molecular formula is C16H30. The van der Waals surface area contributed by atoms with Gasteiger partial charge in [0.25, 0.3) is 0 Å². The molecule has 0 radical (unpaired) electrons. The second-order valence-corrected chi connectivity index (χ2v) is 8.18. The summed E-state index contributed by atoms with van der Waals surface area (Å²) in [6, 6.07) is 0. The van der Waals surface area contributed by atoms with E-state index in [2.05, 4.69) is 34.6 Å². The van der Waals surface area contributed by atoms with Crippen molar-refractivity contribution in [1.29, 1.82) is 0 Å². The maximum absolute atomic E-state index is 2.54. The first-order chi connectivity index (χ1) is 7.27. The summed E-state index contributed by atoms with van der Waals surface area (Å²) in [7, 11) is 0. The van der Waals surface area contributed by atoms with Crippen molar-refractivity contribution < 1.29 is 0 Å². The lowest BCUT2D eigenvalue weighted by Gasteiger charge is -2.44. The third-order valence-corrected chi connectivity index (χ3v) is 5.81. The molecule has 94 valence electrons. The van der Waals surface area contributed by atoms with Gasteiger partial charge >= 0.3 is 0 Å². The minimum atomic E-state index is 0.612. The summed E-state index contributed by atoms with van der Waals surface area (Å²) in [4.78, 5) is 0. The zero-order valence-corrected chi connectivity index (χ0v) is 12.0. The van der Waals surface area contributed by atoms with Gasteiger partial charge in [0.2, 0.25) is 0 Å². The number of rotatable bonds is 1. The Hall–Kier alpha value is 0. The fourth-order valence-corrected chi connectivity index (χ4v) is 4.58. The van der Waals surface area contributed by atoms with E-state index in [-0.39, 0.29) is 0 Å². The topological polar surface area (TPSA) is 0 Å². The van der Waals surface area contributed by atoms with Crippen molar-refractivity contribution in [2.45, 2.75) is 79.6 Å². The lowest BCUT2D eigenvalue weighted by Crippen LogP contribution is -2.33. The predicted octanol–water partition coefficient (Wildman–Crippen LogP) is 5.42. The molecular weight excluding hydrogens is 192 g/mol. The molecule has 2 saturated carbocycles. The monoisotopic (exact) mass is 222 g/mol. The van der Waals surface area contributed by atoms with Crippen LogP contribution in [0, 0.1) is 22.2 Å². The molecule has 0 aromatic heterocycles. The quantitative estimate of drug-likeness (QED) is 0.556. The zero-order chi connectivity index (χ0) is 12.0. The summed E-state index contributed by atoms with van der Waals surface area (Å²) in [5.41, 5.74) is 1.97. The molecule has 2 fully saturated rings. The third-order valence-electron chi connectivity index (χ3n) is 5.81. The van der Waals surface area contributed by atoms with Crippen LogP contribution in [0.3, 0.4) is 0 Å². The highest BCUT2D eigenvalue weighted by Gasteiger charge is 2.49. The van der Waals surface area contributed by atoms with E-state index in [9.17, 15) is 0 Å². The molecule has 0 N–H and O–H groups in total. The van der Waals surface area contributed by atoms with Crippen LogP contribution in [0.15, 0.2) is 0 Å². The molecule has 2 atom stereocenters. The van der Waals surface area contributed by atoms with Gasteiger partial charge in [-0.3, -0.25) is 0 Å². The van der Waals surface area contributed by atoms with E-state index < -0.39 is 0 Å². The summed E-state index contributed by atoms with van der Waals surface area (Å²) in [6.07, 6.45) is 10.4. The largest absolute Gasteiger partial charge is 0.0623 e. The average molecular weight is 222 g/mol. The highest BCUT2D eigenvalue weighted by Crippen LogP contribution is 2.61. The van der Waals surface area contributed by atoms with Gasteiger partial charge in [-0.1, -0.05) is 41.0 Å². The minimum Gasteiger partial charge on any atom is -0.0623 e. The van der Waals surface area contributed by atoms with Crippen LogP contribution in [-0.4, -0.2) is 0 Å². The Balaban J connectivity index is 2.12. The van der Waals surface area contributed by atoms with Crippen molar-refractivity contribution in [2.24, 2.45) is 22.2 Å². The van der Waals surface area contributed by atoms with E-state index in [0.717, 1.165) is 11.3 Å². The van der Waals surface area contributed by atoms with E-state index in [1.807, 2.05) is 0 Å². The lowest BCUT2D eigenvalue weighted by molar-refractivity contribution is 0.0691. The molecule has 0 aromatic rings. The van der Waals surface area contributed by atoms with Crippen LogP contribution in [0.5, 0.6) is 0 Å². The molecule has 16 heavy (non-hydrogen) atoms. The van der Waals surface area contributed by atoms with Crippen molar-refractivity contribution in [3.05, 3.63) is 0 Å². The second kappa shape index (κ2) is 3.75. The minimum absolute atomic E-state index is 0.612. The van der Waals surface area contributed by atoms with Gasteiger partial charge in [-0.2, -0.15) is 0 Å². The van der Waals surface area contributed by atoms with Gasteiger partial charge < -0.3 is 0 Å². The first kappa shape index (κ1) is 12.5. The Morgan fingerprint density at radius 2 is 1.50 bits per heavy atom. The van der Waals surface area contributed by atoms with Crippen LogP contribution in [0.4, 0.5) is 0 Å². The summed E-state index contributed by atoms with van der Waals surface area (Å²) < 4.78 is 0. The summed E-state index contributed by atoms with van der Waals surface area (Å²) in [6.45, 7) is 12.4. The Labute approximate surface area is 102 Å². The predicted molar refractivity (Wildman–Crippen MR) is 71.5 cm³/mol. The first-order valence-electron chi connectivity index (χ1n) is 7.27. The third kappa shape index (κ3) is 2.17. The van der Waals surface area contributed by atoms with Crippen molar-refractivity contribution in [1.82, 2.24) is 0 Å². The Kier molecular flexibility index (Phi) is 2.92. The van der Waals surface area contributed by atoms with Crippen LogP contribution in [-0.2, 0) is 0 Å². The maximum Gasteiger partial charge on any atom is -0.0287 e. The van der Waals surface area contributed by atoms with Gasteiger partial charge in [0.1, 0.15) is 0 Å². The van der Waals surface area contributed by atoms with Crippen molar-refractivity contribution in [3.8, 4) is 0 Å². The van der Waals surface area contributed by atoms with Crippen molar-refractivity contribution in [3.63, 3.8) is 0 Å². The molecule has 2 aliphatic rings. The Morgan fingerprint density at radius 3 is 2.00 bits per heavy atom. The Bertz CT molecular complexity index is 263. The van der Waals surface area contributed by atoms with E-state index in [1.54, 1.807) is 0 Å². The lowest BCUT2D eigenvalue weighted by atomic mass is 9.61. The zero-order valence-electron chi connectivity index (χ0n) is 12.0. The number of hydrogen-bond donors (Lipinski definition) is 0. The highest BCUT2D eigenvalue weighted by atomic mass is 14.5. The molecule has 0 nitrogen and oxygen atoms in total. The maximum atomic E-state index is 2.54. The van der Waals surface area contributed by atoms with Gasteiger partial charge in [-0.15, -0.1) is 0 Å². The summed E-state index contributed by atoms with van der Waals surface area (Å²) >= 11 is 0.